The van der Waals surface area contributed by atoms with Gasteiger partial charge in [-0.05, 0) is 39.3 Å². The van der Waals surface area contributed by atoms with Crippen LogP contribution in [0.3, 0.4) is 0 Å². The second-order valence-corrected chi connectivity index (χ2v) is 6.53. The maximum atomic E-state index is 14.1. The van der Waals surface area contributed by atoms with Gasteiger partial charge in [-0.1, -0.05) is 13.0 Å². The highest BCUT2D eigenvalue weighted by Crippen LogP contribution is 2.31. The van der Waals surface area contributed by atoms with Crippen LogP contribution in [0.1, 0.15) is 48.0 Å². The number of thiazole rings is 1. The van der Waals surface area contributed by atoms with Crippen LogP contribution >= 0.6 is 11.3 Å². The summed E-state index contributed by atoms with van der Waals surface area (Å²) in [6.07, 6.45) is 0.816. The van der Waals surface area contributed by atoms with Crippen LogP contribution in [0.2, 0.25) is 0 Å². The topological polar surface area (TPSA) is 24.9 Å². The molecular weight excluding hydrogens is 290 g/mol. The van der Waals surface area contributed by atoms with Crippen LogP contribution in [-0.2, 0) is 6.42 Å². The Balaban J connectivity index is 2.52. The van der Waals surface area contributed by atoms with Crippen molar-refractivity contribution in [3.8, 4) is 0 Å². The van der Waals surface area contributed by atoms with Gasteiger partial charge in [0.15, 0.2) is 0 Å². The Morgan fingerprint density at radius 1 is 1.24 bits per heavy atom. The second kappa shape index (κ2) is 6.62. The van der Waals surface area contributed by atoms with Gasteiger partial charge in [-0.25, -0.2) is 13.8 Å². The van der Waals surface area contributed by atoms with E-state index >= 15 is 0 Å². The van der Waals surface area contributed by atoms with Crippen molar-refractivity contribution in [2.24, 2.45) is 0 Å². The van der Waals surface area contributed by atoms with Gasteiger partial charge in [-0.3, -0.25) is 0 Å². The van der Waals surface area contributed by atoms with Crippen molar-refractivity contribution < 1.29 is 8.78 Å². The Morgan fingerprint density at radius 2 is 1.86 bits per heavy atom. The lowest BCUT2D eigenvalue weighted by Crippen LogP contribution is -2.30. The Labute approximate surface area is 128 Å². The van der Waals surface area contributed by atoms with Gasteiger partial charge < -0.3 is 5.32 Å². The Morgan fingerprint density at radius 3 is 2.33 bits per heavy atom. The molecule has 0 amide bonds. The zero-order valence-corrected chi connectivity index (χ0v) is 13.5. The number of hydrogen-bond donors (Lipinski definition) is 1. The first kappa shape index (κ1) is 16.0. The SMILES string of the molecule is CCc1nc(C(NC(C)C)c2c(F)cccc2F)sc1C. The van der Waals surface area contributed by atoms with Crippen LogP contribution in [0.25, 0.3) is 0 Å². The summed E-state index contributed by atoms with van der Waals surface area (Å²) in [4.78, 5) is 5.66. The number of halogens is 2. The van der Waals surface area contributed by atoms with E-state index in [-0.39, 0.29) is 11.6 Å². The highest BCUT2D eigenvalue weighted by molar-refractivity contribution is 7.11. The number of aryl methyl sites for hydroxylation is 2. The summed E-state index contributed by atoms with van der Waals surface area (Å²) in [5, 5.41) is 3.94. The summed E-state index contributed by atoms with van der Waals surface area (Å²) in [6.45, 7) is 7.92. The minimum atomic E-state index is -0.560. The number of aromatic nitrogens is 1. The van der Waals surface area contributed by atoms with E-state index in [0.29, 0.717) is 5.01 Å². The highest BCUT2D eigenvalue weighted by atomic mass is 32.1. The molecule has 0 spiro atoms. The number of rotatable bonds is 5. The van der Waals surface area contributed by atoms with Crippen molar-refractivity contribution >= 4 is 11.3 Å². The minimum Gasteiger partial charge on any atom is -0.302 e. The standard InChI is InChI=1S/C16H20F2N2S/c1-5-13-10(4)21-16(20-13)15(19-9(2)3)14-11(17)7-6-8-12(14)18/h6-9,15,19H,5H2,1-4H3. The second-order valence-electron chi connectivity index (χ2n) is 5.30. The molecule has 114 valence electrons. The lowest BCUT2D eigenvalue weighted by molar-refractivity contribution is 0.472. The molecule has 1 heterocycles. The van der Waals surface area contributed by atoms with Gasteiger partial charge in [-0.2, -0.15) is 0 Å². The van der Waals surface area contributed by atoms with Crippen LogP contribution in [0.15, 0.2) is 18.2 Å². The van der Waals surface area contributed by atoms with Gasteiger partial charge in [0.25, 0.3) is 0 Å². The van der Waals surface area contributed by atoms with Crippen LogP contribution in [0, 0.1) is 18.6 Å². The maximum absolute atomic E-state index is 14.1. The number of hydrogen-bond acceptors (Lipinski definition) is 3. The molecule has 0 saturated heterocycles. The van der Waals surface area contributed by atoms with Crippen molar-refractivity contribution in [2.75, 3.05) is 0 Å². The van der Waals surface area contributed by atoms with Gasteiger partial charge in [-0.15, -0.1) is 11.3 Å². The first-order valence-electron chi connectivity index (χ1n) is 7.10. The van der Waals surface area contributed by atoms with Crippen LogP contribution in [0.5, 0.6) is 0 Å². The minimum absolute atomic E-state index is 0.0441. The zero-order chi connectivity index (χ0) is 15.6. The molecule has 0 bridgehead atoms. The Kier molecular flexibility index (Phi) is 5.06. The number of nitrogens with zero attached hydrogens (tertiary/aromatic N) is 1. The molecular formula is C16H20F2N2S. The first-order valence-corrected chi connectivity index (χ1v) is 7.91. The highest BCUT2D eigenvalue weighted by Gasteiger charge is 2.25. The van der Waals surface area contributed by atoms with E-state index in [1.54, 1.807) is 0 Å². The third-order valence-corrected chi connectivity index (χ3v) is 4.36. The summed E-state index contributed by atoms with van der Waals surface area (Å²) in [7, 11) is 0. The third-order valence-electron chi connectivity index (χ3n) is 3.28. The maximum Gasteiger partial charge on any atom is 0.131 e. The van der Waals surface area contributed by atoms with Crippen molar-refractivity contribution in [1.29, 1.82) is 0 Å². The molecule has 5 heteroatoms. The summed E-state index contributed by atoms with van der Waals surface area (Å²) in [5.74, 6) is -1.09. The molecule has 1 aromatic carbocycles. The molecule has 21 heavy (non-hydrogen) atoms. The fourth-order valence-electron chi connectivity index (χ4n) is 2.30. The normalized spacial score (nSPS) is 12.9. The quantitative estimate of drug-likeness (QED) is 0.886. The smallest absolute Gasteiger partial charge is 0.131 e. The molecule has 2 nitrogen and oxygen atoms in total. The fourth-order valence-corrected chi connectivity index (χ4v) is 3.38. The van der Waals surface area contributed by atoms with Crippen molar-refractivity contribution in [1.82, 2.24) is 10.3 Å². The van der Waals surface area contributed by atoms with E-state index in [1.807, 2.05) is 27.7 Å². The average Bonchev–Trinajstić information content (AvgIpc) is 2.78. The van der Waals surface area contributed by atoms with Crippen molar-refractivity contribution in [3.05, 3.63) is 51.0 Å². The van der Waals surface area contributed by atoms with Gasteiger partial charge in [0.1, 0.15) is 16.6 Å². The van der Waals surface area contributed by atoms with Crippen molar-refractivity contribution in [2.45, 2.75) is 46.2 Å². The fraction of sp³-hybridized carbons (Fsp3) is 0.438. The van der Waals surface area contributed by atoms with Crippen LogP contribution in [-0.4, -0.2) is 11.0 Å². The molecule has 0 aliphatic carbocycles. The van der Waals surface area contributed by atoms with Gasteiger partial charge in [0.05, 0.1) is 11.7 Å². The molecule has 1 N–H and O–H groups in total. The van der Waals surface area contributed by atoms with Gasteiger partial charge >= 0.3 is 0 Å². The summed E-state index contributed by atoms with van der Waals surface area (Å²) in [6, 6.07) is 3.48. The Hall–Kier alpha value is -1.33. The van der Waals surface area contributed by atoms with E-state index in [2.05, 4.69) is 10.3 Å². The molecule has 2 rings (SSSR count). The predicted octanol–water partition coefficient (Wildman–Crippen LogP) is 4.38. The molecule has 1 atom stereocenters. The average molecular weight is 310 g/mol. The molecule has 1 aromatic heterocycles. The molecule has 0 aliphatic heterocycles. The lowest BCUT2D eigenvalue weighted by atomic mass is 10.0. The number of benzene rings is 1. The van der Waals surface area contributed by atoms with E-state index < -0.39 is 17.7 Å². The van der Waals surface area contributed by atoms with Crippen LogP contribution < -0.4 is 5.32 Å². The monoisotopic (exact) mass is 310 g/mol. The lowest BCUT2D eigenvalue weighted by Gasteiger charge is -2.20. The molecule has 0 radical (unpaired) electrons. The Bertz CT molecular complexity index is 602. The van der Waals surface area contributed by atoms with E-state index in [1.165, 1.54) is 29.5 Å². The number of nitrogens with one attached hydrogen (secondary N) is 1. The van der Waals surface area contributed by atoms with E-state index in [9.17, 15) is 8.78 Å². The molecule has 0 aliphatic rings. The molecule has 0 fully saturated rings. The third kappa shape index (κ3) is 3.47. The molecule has 0 saturated carbocycles. The predicted molar refractivity (Wildman–Crippen MR) is 82.7 cm³/mol. The van der Waals surface area contributed by atoms with Crippen molar-refractivity contribution in [3.63, 3.8) is 0 Å². The summed E-state index contributed by atoms with van der Waals surface area (Å²) >= 11 is 1.49. The van der Waals surface area contributed by atoms with Gasteiger partial charge in [0, 0.05) is 16.5 Å². The molecule has 2 aromatic rings. The zero-order valence-electron chi connectivity index (χ0n) is 12.7. The van der Waals surface area contributed by atoms with E-state index in [0.717, 1.165) is 17.0 Å². The van der Waals surface area contributed by atoms with E-state index in [4.69, 9.17) is 0 Å². The van der Waals surface area contributed by atoms with Gasteiger partial charge in [0.2, 0.25) is 0 Å². The molecule has 1 unspecified atom stereocenters. The summed E-state index contributed by atoms with van der Waals surface area (Å²) in [5.41, 5.74) is 1.03. The summed E-state index contributed by atoms with van der Waals surface area (Å²) < 4.78 is 28.2. The van der Waals surface area contributed by atoms with Crippen LogP contribution in [0.4, 0.5) is 8.78 Å². The first-order chi connectivity index (χ1) is 9.93. The largest absolute Gasteiger partial charge is 0.302 e.